The molecule has 0 fully saturated rings. The van der Waals surface area contributed by atoms with Gasteiger partial charge in [-0.1, -0.05) is 84.0 Å². The average Bonchev–Trinajstić information content (AvgIpc) is 2.67. The lowest BCUT2D eigenvalue weighted by Gasteiger charge is -2.24. The standard InChI is InChI=1S/C26H31N/c1-17(2)20-15-23(18(3)4)26(24(16-20)19(5)6)22-12-8-7-11-21(22)25-13-9-10-14-27-25/h7-19H,1-6H3. The summed E-state index contributed by atoms with van der Waals surface area (Å²) in [7, 11) is 0. The SMILES string of the molecule is CC(C)c1cc(C(C)C)c(-c2ccccc2-c2ccccn2)c(C(C)C)c1. The van der Waals surface area contributed by atoms with Crippen LogP contribution in [0.3, 0.4) is 0 Å². The number of pyridine rings is 1. The second kappa shape index (κ2) is 8.08. The highest BCUT2D eigenvalue weighted by atomic mass is 14.7. The van der Waals surface area contributed by atoms with Crippen LogP contribution in [-0.4, -0.2) is 4.98 Å². The van der Waals surface area contributed by atoms with Gasteiger partial charge in [0.2, 0.25) is 0 Å². The molecule has 0 unspecified atom stereocenters. The van der Waals surface area contributed by atoms with Crippen molar-refractivity contribution in [2.24, 2.45) is 0 Å². The molecule has 0 aliphatic heterocycles. The van der Waals surface area contributed by atoms with Gasteiger partial charge in [0.15, 0.2) is 0 Å². The Morgan fingerprint density at radius 1 is 0.630 bits per heavy atom. The molecule has 1 heteroatoms. The normalized spacial score (nSPS) is 11.6. The summed E-state index contributed by atoms with van der Waals surface area (Å²) in [6.45, 7) is 13.8. The van der Waals surface area contributed by atoms with Gasteiger partial charge in [0, 0.05) is 11.8 Å². The summed E-state index contributed by atoms with van der Waals surface area (Å²) in [4.78, 5) is 4.63. The van der Waals surface area contributed by atoms with Gasteiger partial charge < -0.3 is 0 Å². The molecule has 3 rings (SSSR count). The lowest BCUT2D eigenvalue weighted by Crippen LogP contribution is -2.04. The topological polar surface area (TPSA) is 12.9 Å². The first-order chi connectivity index (χ1) is 12.9. The van der Waals surface area contributed by atoms with E-state index in [0.29, 0.717) is 17.8 Å². The van der Waals surface area contributed by atoms with E-state index in [9.17, 15) is 0 Å². The minimum absolute atomic E-state index is 0.466. The molecule has 0 bridgehead atoms. The van der Waals surface area contributed by atoms with Crippen LogP contribution < -0.4 is 0 Å². The highest BCUT2D eigenvalue weighted by molar-refractivity contribution is 5.86. The Kier molecular flexibility index (Phi) is 5.79. The smallest absolute Gasteiger partial charge is 0.0708 e. The van der Waals surface area contributed by atoms with Gasteiger partial charge in [-0.05, 0) is 57.7 Å². The third-order valence-electron chi connectivity index (χ3n) is 5.27. The van der Waals surface area contributed by atoms with Crippen LogP contribution in [-0.2, 0) is 0 Å². The van der Waals surface area contributed by atoms with E-state index >= 15 is 0 Å². The molecule has 0 amide bonds. The summed E-state index contributed by atoms with van der Waals surface area (Å²) in [5.41, 5.74) is 9.23. The molecule has 140 valence electrons. The minimum Gasteiger partial charge on any atom is -0.256 e. The van der Waals surface area contributed by atoms with Crippen LogP contribution in [0.2, 0.25) is 0 Å². The van der Waals surface area contributed by atoms with Crippen LogP contribution in [0.1, 0.15) is 76.0 Å². The number of aromatic nitrogens is 1. The van der Waals surface area contributed by atoms with Crippen LogP contribution in [0.5, 0.6) is 0 Å². The lowest BCUT2D eigenvalue weighted by molar-refractivity contribution is 0.807. The zero-order valence-corrected chi connectivity index (χ0v) is 17.5. The molecule has 3 aromatic rings. The Hall–Kier alpha value is -2.41. The van der Waals surface area contributed by atoms with Crippen molar-refractivity contribution in [2.45, 2.75) is 59.3 Å². The molecule has 0 aliphatic rings. The van der Waals surface area contributed by atoms with Crippen LogP contribution in [0.15, 0.2) is 60.8 Å². The Balaban J connectivity index is 2.35. The van der Waals surface area contributed by atoms with E-state index in [4.69, 9.17) is 0 Å². The van der Waals surface area contributed by atoms with E-state index in [1.54, 1.807) is 0 Å². The molecule has 1 nitrogen and oxygen atoms in total. The van der Waals surface area contributed by atoms with Gasteiger partial charge in [0.1, 0.15) is 0 Å². The van der Waals surface area contributed by atoms with Crippen molar-refractivity contribution in [3.05, 3.63) is 77.5 Å². The van der Waals surface area contributed by atoms with Crippen molar-refractivity contribution in [2.75, 3.05) is 0 Å². The summed E-state index contributed by atoms with van der Waals surface area (Å²) in [6.07, 6.45) is 1.88. The van der Waals surface area contributed by atoms with Crippen molar-refractivity contribution in [3.8, 4) is 22.4 Å². The summed E-state index contributed by atoms with van der Waals surface area (Å²) in [5, 5.41) is 0. The van der Waals surface area contributed by atoms with Crippen molar-refractivity contribution >= 4 is 0 Å². The number of hydrogen-bond acceptors (Lipinski definition) is 1. The summed E-state index contributed by atoms with van der Waals surface area (Å²) in [5.74, 6) is 1.46. The Morgan fingerprint density at radius 3 is 1.67 bits per heavy atom. The first-order valence-corrected chi connectivity index (χ1v) is 10.1. The van der Waals surface area contributed by atoms with Crippen molar-refractivity contribution in [1.82, 2.24) is 4.98 Å². The molecule has 0 spiro atoms. The first-order valence-electron chi connectivity index (χ1n) is 10.1. The highest BCUT2D eigenvalue weighted by Crippen LogP contribution is 2.42. The average molecular weight is 358 g/mol. The molecule has 0 saturated heterocycles. The molecular weight excluding hydrogens is 326 g/mol. The third-order valence-corrected chi connectivity index (χ3v) is 5.27. The maximum atomic E-state index is 4.63. The van der Waals surface area contributed by atoms with Gasteiger partial charge in [0.05, 0.1) is 5.69 Å². The van der Waals surface area contributed by atoms with Crippen molar-refractivity contribution in [3.63, 3.8) is 0 Å². The fourth-order valence-electron chi connectivity index (χ4n) is 3.71. The zero-order valence-electron chi connectivity index (χ0n) is 17.5. The van der Waals surface area contributed by atoms with Gasteiger partial charge in [-0.25, -0.2) is 0 Å². The van der Waals surface area contributed by atoms with Crippen molar-refractivity contribution in [1.29, 1.82) is 0 Å². The molecule has 1 heterocycles. The monoisotopic (exact) mass is 357 g/mol. The molecular formula is C26H31N. The van der Waals surface area contributed by atoms with Crippen LogP contribution in [0, 0.1) is 0 Å². The molecule has 0 atom stereocenters. The van der Waals surface area contributed by atoms with Crippen LogP contribution in [0.25, 0.3) is 22.4 Å². The largest absolute Gasteiger partial charge is 0.256 e. The molecule has 0 N–H and O–H groups in total. The van der Waals surface area contributed by atoms with Crippen LogP contribution in [0.4, 0.5) is 0 Å². The second-order valence-corrected chi connectivity index (χ2v) is 8.30. The van der Waals surface area contributed by atoms with Gasteiger partial charge >= 0.3 is 0 Å². The van der Waals surface area contributed by atoms with E-state index in [1.807, 2.05) is 12.3 Å². The number of rotatable bonds is 5. The minimum atomic E-state index is 0.466. The van der Waals surface area contributed by atoms with Crippen LogP contribution >= 0.6 is 0 Å². The van der Waals surface area contributed by atoms with Gasteiger partial charge in [0.25, 0.3) is 0 Å². The van der Waals surface area contributed by atoms with Crippen molar-refractivity contribution < 1.29 is 0 Å². The number of hydrogen-bond donors (Lipinski definition) is 0. The van der Waals surface area contributed by atoms with E-state index in [2.05, 4.69) is 95.1 Å². The van der Waals surface area contributed by atoms with Gasteiger partial charge in [-0.15, -0.1) is 0 Å². The summed E-state index contributed by atoms with van der Waals surface area (Å²) >= 11 is 0. The van der Waals surface area contributed by atoms with E-state index < -0.39 is 0 Å². The number of nitrogens with zero attached hydrogens (tertiary/aromatic N) is 1. The molecule has 0 aliphatic carbocycles. The molecule has 0 saturated carbocycles. The maximum Gasteiger partial charge on any atom is 0.0708 e. The summed E-state index contributed by atoms with van der Waals surface area (Å²) in [6, 6.07) is 19.7. The Morgan fingerprint density at radius 2 is 1.19 bits per heavy atom. The lowest BCUT2D eigenvalue weighted by atomic mass is 9.80. The molecule has 1 aromatic heterocycles. The maximum absolute atomic E-state index is 4.63. The fraction of sp³-hybridized carbons (Fsp3) is 0.346. The first kappa shape index (κ1) is 19.4. The Bertz CT molecular complexity index is 875. The van der Waals surface area contributed by atoms with Gasteiger partial charge in [-0.2, -0.15) is 0 Å². The third kappa shape index (κ3) is 3.98. The highest BCUT2D eigenvalue weighted by Gasteiger charge is 2.20. The zero-order chi connectivity index (χ0) is 19.6. The fourth-order valence-corrected chi connectivity index (χ4v) is 3.71. The van der Waals surface area contributed by atoms with Gasteiger partial charge in [-0.3, -0.25) is 4.98 Å². The van der Waals surface area contributed by atoms with E-state index in [-0.39, 0.29) is 0 Å². The predicted molar refractivity (Wildman–Crippen MR) is 117 cm³/mol. The molecule has 27 heavy (non-hydrogen) atoms. The van der Waals surface area contributed by atoms with E-state index in [0.717, 1.165) is 5.69 Å². The Labute approximate surface area is 164 Å². The van der Waals surface area contributed by atoms with E-state index in [1.165, 1.54) is 33.4 Å². The number of benzene rings is 2. The molecule has 0 radical (unpaired) electrons. The predicted octanol–water partition coefficient (Wildman–Crippen LogP) is 7.79. The quantitative estimate of drug-likeness (QED) is 0.454. The second-order valence-electron chi connectivity index (χ2n) is 8.30. The summed E-state index contributed by atoms with van der Waals surface area (Å²) < 4.78 is 0. The molecule has 2 aromatic carbocycles.